The highest BCUT2D eigenvalue weighted by Crippen LogP contribution is 2.33. The van der Waals surface area contributed by atoms with Gasteiger partial charge in [-0.15, -0.1) is 0 Å². The van der Waals surface area contributed by atoms with Crippen LogP contribution in [0.25, 0.3) is 10.9 Å². The Hall–Kier alpha value is -2.90. The maximum Gasteiger partial charge on any atom is 0.409 e. The van der Waals surface area contributed by atoms with E-state index in [-0.39, 0.29) is 11.7 Å². The first-order chi connectivity index (χ1) is 10.6. The van der Waals surface area contributed by atoms with Crippen molar-refractivity contribution in [3.05, 3.63) is 40.6 Å². The number of nitro benzene ring substituents is 1. The minimum absolute atomic E-state index is 0.00196. The maximum absolute atomic E-state index is 11.4. The van der Waals surface area contributed by atoms with Crippen LogP contribution < -0.4 is 5.32 Å². The van der Waals surface area contributed by atoms with Crippen molar-refractivity contribution in [1.29, 1.82) is 0 Å². The quantitative estimate of drug-likeness (QED) is 0.688. The number of nitrogens with one attached hydrogen (secondary N) is 1. The molecule has 1 aliphatic heterocycles. The Kier molecular flexibility index (Phi) is 3.50. The number of methoxy groups -OCH3 is 1. The van der Waals surface area contributed by atoms with E-state index < -0.39 is 11.0 Å². The molecule has 1 aromatic heterocycles. The number of hydrogen-bond donors (Lipinski definition) is 1. The van der Waals surface area contributed by atoms with Crippen LogP contribution in [0.15, 0.2) is 30.5 Å². The Labute approximate surface area is 125 Å². The number of hydrogen-bond acceptors (Lipinski definition) is 6. The molecule has 22 heavy (non-hydrogen) atoms. The molecule has 8 nitrogen and oxygen atoms in total. The number of pyridine rings is 1. The number of carbonyl (C=O) groups excluding carboxylic acids is 1. The Morgan fingerprint density at radius 2 is 2.23 bits per heavy atom. The molecule has 2 heterocycles. The SMILES string of the molecule is COC(=O)N1CC(Nc2ccc3ncccc3c2[N+](=O)[O-])C1. The lowest BCUT2D eigenvalue weighted by Gasteiger charge is -2.38. The summed E-state index contributed by atoms with van der Waals surface area (Å²) >= 11 is 0. The summed E-state index contributed by atoms with van der Waals surface area (Å²) in [5.74, 6) is 0. The molecule has 0 unspecified atom stereocenters. The van der Waals surface area contributed by atoms with E-state index in [0.29, 0.717) is 29.7 Å². The first-order valence-corrected chi connectivity index (χ1v) is 6.71. The molecule has 1 amide bonds. The largest absolute Gasteiger partial charge is 0.453 e. The zero-order valence-corrected chi connectivity index (χ0v) is 11.9. The molecule has 2 aromatic rings. The molecule has 1 N–H and O–H groups in total. The number of nitro groups is 1. The van der Waals surface area contributed by atoms with Crippen molar-refractivity contribution in [3.8, 4) is 0 Å². The van der Waals surface area contributed by atoms with Gasteiger partial charge >= 0.3 is 11.8 Å². The van der Waals surface area contributed by atoms with Crippen LogP contribution in [0.3, 0.4) is 0 Å². The Bertz CT molecular complexity index is 743. The van der Waals surface area contributed by atoms with Crippen molar-refractivity contribution in [2.45, 2.75) is 6.04 Å². The van der Waals surface area contributed by atoms with Crippen LogP contribution in [0.1, 0.15) is 0 Å². The average Bonchev–Trinajstić information content (AvgIpc) is 2.48. The molecular formula is C14H14N4O4. The average molecular weight is 302 g/mol. The molecule has 1 saturated heterocycles. The summed E-state index contributed by atoms with van der Waals surface area (Å²) < 4.78 is 4.62. The summed E-state index contributed by atoms with van der Waals surface area (Å²) in [5.41, 5.74) is 1.01. The number of rotatable bonds is 3. The topological polar surface area (TPSA) is 97.6 Å². The highest BCUT2D eigenvalue weighted by Gasteiger charge is 2.32. The van der Waals surface area contributed by atoms with Crippen molar-refractivity contribution < 1.29 is 14.5 Å². The van der Waals surface area contributed by atoms with Crippen molar-refractivity contribution >= 4 is 28.4 Å². The third-order valence-electron chi connectivity index (χ3n) is 3.61. The number of amides is 1. The number of aromatic nitrogens is 1. The summed E-state index contributed by atoms with van der Waals surface area (Å²) in [7, 11) is 1.32. The lowest BCUT2D eigenvalue weighted by atomic mass is 10.1. The first kappa shape index (κ1) is 14.1. The zero-order valence-electron chi connectivity index (χ0n) is 11.9. The fourth-order valence-electron chi connectivity index (χ4n) is 2.52. The maximum atomic E-state index is 11.4. The third kappa shape index (κ3) is 2.39. The fourth-order valence-corrected chi connectivity index (χ4v) is 2.52. The fraction of sp³-hybridized carbons (Fsp3) is 0.286. The van der Waals surface area contributed by atoms with Gasteiger partial charge in [-0.2, -0.15) is 0 Å². The van der Waals surface area contributed by atoms with E-state index in [1.807, 2.05) is 0 Å². The minimum Gasteiger partial charge on any atom is -0.453 e. The van der Waals surface area contributed by atoms with Gasteiger partial charge in [-0.3, -0.25) is 15.1 Å². The van der Waals surface area contributed by atoms with E-state index in [1.165, 1.54) is 12.0 Å². The predicted molar refractivity (Wildman–Crippen MR) is 79.8 cm³/mol. The highest BCUT2D eigenvalue weighted by atomic mass is 16.6. The lowest BCUT2D eigenvalue weighted by Crippen LogP contribution is -2.57. The molecule has 114 valence electrons. The van der Waals surface area contributed by atoms with E-state index in [9.17, 15) is 14.9 Å². The number of likely N-dealkylation sites (tertiary alicyclic amines) is 1. The van der Waals surface area contributed by atoms with Crippen molar-refractivity contribution in [2.75, 3.05) is 25.5 Å². The van der Waals surface area contributed by atoms with Gasteiger partial charge in [-0.05, 0) is 24.3 Å². The monoisotopic (exact) mass is 302 g/mol. The zero-order chi connectivity index (χ0) is 15.7. The molecule has 1 aliphatic rings. The number of fused-ring (bicyclic) bond motifs is 1. The van der Waals surface area contributed by atoms with E-state index in [0.717, 1.165) is 0 Å². The predicted octanol–water partition coefficient (Wildman–Crippen LogP) is 2.01. The second kappa shape index (κ2) is 5.47. The summed E-state index contributed by atoms with van der Waals surface area (Å²) in [6.45, 7) is 0.907. The molecule has 3 rings (SSSR count). The number of nitrogens with zero attached hydrogens (tertiary/aromatic N) is 3. The first-order valence-electron chi connectivity index (χ1n) is 6.71. The molecule has 0 spiro atoms. The Morgan fingerprint density at radius 1 is 1.45 bits per heavy atom. The molecule has 0 bridgehead atoms. The smallest absolute Gasteiger partial charge is 0.409 e. The third-order valence-corrected chi connectivity index (χ3v) is 3.61. The van der Waals surface area contributed by atoms with Crippen LogP contribution >= 0.6 is 0 Å². The summed E-state index contributed by atoms with van der Waals surface area (Å²) in [6.07, 6.45) is 1.20. The summed E-state index contributed by atoms with van der Waals surface area (Å²) in [6, 6.07) is 6.69. The second-order valence-electron chi connectivity index (χ2n) is 5.01. The molecular weight excluding hydrogens is 288 g/mol. The highest BCUT2D eigenvalue weighted by molar-refractivity contribution is 5.94. The second-order valence-corrected chi connectivity index (χ2v) is 5.01. The number of benzene rings is 1. The van der Waals surface area contributed by atoms with Gasteiger partial charge in [-0.1, -0.05) is 0 Å². The Balaban J connectivity index is 1.84. The van der Waals surface area contributed by atoms with Crippen LogP contribution in [0.5, 0.6) is 0 Å². The van der Waals surface area contributed by atoms with Gasteiger partial charge in [0.2, 0.25) is 0 Å². The van der Waals surface area contributed by atoms with Crippen LogP contribution in [0.4, 0.5) is 16.2 Å². The molecule has 1 aromatic carbocycles. The molecule has 0 aliphatic carbocycles. The van der Waals surface area contributed by atoms with Crippen LogP contribution in [0, 0.1) is 10.1 Å². The molecule has 8 heteroatoms. The van der Waals surface area contributed by atoms with E-state index in [2.05, 4.69) is 15.0 Å². The molecule has 0 radical (unpaired) electrons. The lowest BCUT2D eigenvalue weighted by molar-refractivity contribution is -0.382. The Morgan fingerprint density at radius 3 is 2.91 bits per heavy atom. The van der Waals surface area contributed by atoms with Gasteiger partial charge in [0, 0.05) is 19.3 Å². The summed E-state index contributed by atoms with van der Waals surface area (Å²) in [4.78, 5) is 27.9. The van der Waals surface area contributed by atoms with Crippen LogP contribution in [-0.4, -0.2) is 47.1 Å². The van der Waals surface area contributed by atoms with Gasteiger partial charge in [0.25, 0.3) is 0 Å². The molecule has 0 saturated carbocycles. The number of carbonyl (C=O) groups is 1. The van der Waals surface area contributed by atoms with Gasteiger partial charge in [0.15, 0.2) is 0 Å². The minimum atomic E-state index is -0.414. The van der Waals surface area contributed by atoms with Crippen molar-refractivity contribution in [3.63, 3.8) is 0 Å². The van der Waals surface area contributed by atoms with Gasteiger partial charge < -0.3 is 15.0 Å². The van der Waals surface area contributed by atoms with Crippen LogP contribution in [0.2, 0.25) is 0 Å². The van der Waals surface area contributed by atoms with Gasteiger partial charge in [0.1, 0.15) is 5.69 Å². The van der Waals surface area contributed by atoms with Gasteiger partial charge in [-0.25, -0.2) is 4.79 Å². The van der Waals surface area contributed by atoms with Crippen molar-refractivity contribution in [1.82, 2.24) is 9.88 Å². The summed E-state index contributed by atoms with van der Waals surface area (Å²) in [5, 5.41) is 15.0. The van der Waals surface area contributed by atoms with Crippen molar-refractivity contribution in [2.24, 2.45) is 0 Å². The van der Waals surface area contributed by atoms with Gasteiger partial charge in [0.05, 0.1) is 29.0 Å². The normalized spacial score (nSPS) is 14.5. The molecule has 0 atom stereocenters. The van der Waals surface area contributed by atoms with E-state index in [4.69, 9.17) is 0 Å². The standard InChI is InChI=1S/C14H14N4O4/c1-22-14(19)17-7-9(8-17)16-12-5-4-11-10(3-2-6-15-11)13(12)18(20)21/h2-6,9,16H,7-8H2,1H3. The van der Waals surface area contributed by atoms with E-state index in [1.54, 1.807) is 30.5 Å². The van der Waals surface area contributed by atoms with Crippen LogP contribution in [-0.2, 0) is 4.74 Å². The number of ether oxygens (including phenoxy) is 1. The number of anilines is 1. The molecule has 1 fully saturated rings. The van der Waals surface area contributed by atoms with E-state index >= 15 is 0 Å².